The van der Waals surface area contributed by atoms with Crippen LogP contribution in [0.15, 0.2) is 24.3 Å². The first kappa shape index (κ1) is 59.9. The van der Waals surface area contributed by atoms with Gasteiger partial charge in [0, 0.05) is 19.3 Å². The van der Waals surface area contributed by atoms with Crippen molar-refractivity contribution in [3.8, 4) is 0 Å². The third-order valence-electron chi connectivity index (χ3n) is 12.2. The van der Waals surface area contributed by atoms with Crippen LogP contribution >= 0.6 is 0 Å². The van der Waals surface area contributed by atoms with E-state index in [1.54, 1.807) is 0 Å². The van der Waals surface area contributed by atoms with Gasteiger partial charge in [-0.2, -0.15) is 0 Å². The smallest absolute Gasteiger partial charge is 0.306 e. The average molecular weight is 873 g/mol. The topological polar surface area (TPSA) is 78.9 Å². The van der Waals surface area contributed by atoms with Crippen LogP contribution in [0.4, 0.5) is 0 Å². The van der Waals surface area contributed by atoms with E-state index in [1.165, 1.54) is 186 Å². The summed E-state index contributed by atoms with van der Waals surface area (Å²) in [6.07, 6.45) is 58.7. The van der Waals surface area contributed by atoms with Gasteiger partial charge in [0.25, 0.3) is 0 Å². The molecule has 0 aliphatic carbocycles. The van der Waals surface area contributed by atoms with Crippen LogP contribution in [0, 0.1) is 0 Å². The van der Waals surface area contributed by atoms with Gasteiger partial charge >= 0.3 is 17.9 Å². The predicted molar refractivity (Wildman–Crippen MR) is 266 cm³/mol. The van der Waals surface area contributed by atoms with Crippen LogP contribution in [0.25, 0.3) is 0 Å². The Morgan fingerprint density at radius 2 is 0.581 bits per heavy atom. The van der Waals surface area contributed by atoms with Crippen LogP contribution in [0.5, 0.6) is 0 Å². The van der Waals surface area contributed by atoms with Crippen molar-refractivity contribution in [3.63, 3.8) is 0 Å². The van der Waals surface area contributed by atoms with Crippen molar-refractivity contribution < 1.29 is 28.6 Å². The van der Waals surface area contributed by atoms with Crippen molar-refractivity contribution in [1.82, 2.24) is 0 Å². The molecule has 0 rings (SSSR count). The zero-order valence-corrected chi connectivity index (χ0v) is 41.7. The van der Waals surface area contributed by atoms with E-state index in [9.17, 15) is 14.4 Å². The van der Waals surface area contributed by atoms with Gasteiger partial charge < -0.3 is 14.2 Å². The molecule has 0 aliphatic rings. The summed E-state index contributed by atoms with van der Waals surface area (Å²) in [7, 11) is 0. The second-order valence-corrected chi connectivity index (χ2v) is 18.5. The lowest BCUT2D eigenvalue weighted by Crippen LogP contribution is -2.30. The molecule has 0 aliphatic heterocycles. The van der Waals surface area contributed by atoms with Gasteiger partial charge in [0.2, 0.25) is 0 Å². The molecule has 0 aromatic heterocycles. The molecule has 0 heterocycles. The molecule has 0 aromatic carbocycles. The number of hydrogen-bond donors (Lipinski definition) is 0. The summed E-state index contributed by atoms with van der Waals surface area (Å²) in [5, 5.41) is 0. The summed E-state index contributed by atoms with van der Waals surface area (Å²) in [6.45, 7) is 6.64. The summed E-state index contributed by atoms with van der Waals surface area (Å²) in [4.78, 5) is 38.0. The second-order valence-electron chi connectivity index (χ2n) is 18.5. The molecule has 6 nitrogen and oxygen atoms in total. The summed E-state index contributed by atoms with van der Waals surface area (Å²) >= 11 is 0. The van der Waals surface area contributed by atoms with E-state index in [-0.39, 0.29) is 31.1 Å². The van der Waals surface area contributed by atoms with Gasteiger partial charge in [-0.05, 0) is 51.4 Å². The Hall–Kier alpha value is -2.11. The van der Waals surface area contributed by atoms with Crippen molar-refractivity contribution in [1.29, 1.82) is 0 Å². The first-order valence-electron chi connectivity index (χ1n) is 27.3. The number of ether oxygens (including phenoxy) is 3. The van der Waals surface area contributed by atoms with Gasteiger partial charge in [0.1, 0.15) is 13.2 Å². The molecular weight excluding hydrogens is 769 g/mol. The fraction of sp³-hybridized carbons (Fsp3) is 0.875. The van der Waals surface area contributed by atoms with Crippen molar-refractivity contribution >= 4 is 17.9 Å². The number of rotatable bonds is 50. The number of esters is 3. The Morgan fingerprint density at radius 1 is 0.323 bits per heavy atom. The monoisotopic (exact) mass is 873 g/mol. The van der Waals surface area contributed by atoms with E-state index in [1.807, 2.05) is 0 Å². The Labute approximate surface area is 385 Å². The van der Waals surface area contributed by atoms with Crippen LogP contribution < -0.4 is 0 Å². The van der Waals surface area contributed by atoms with Crippen LogP contribution in [0.1, 0.15) is 297 Å². The Morgan fingerprint density at radius 3 is 0.919 bits per heavy atom. The first-order chi connectivity index (χ1) is 30.5. The molecule has 62 heavy (non-hydrogen) atoms. The number of carbonyl (C=O) groups excluding carboxylic acids is 3. The normalized spacial score (nSPS) is 12.1. The molecule has 0 fully saturated rings. The lowest BCUT2D eigenvalue weighted by atomic mass is 10.0. The molecule has 0 N–H and O–H groups in total. The van der Waals surface area contributed by atoms with Crippen molar-refractivity contribution in [2.24, 2.45) is 0 Å². The highest BCUT2D eigenvalue weighted by atomic mass is 16.6. The minimum atomic E-state index is -0.768. The van der Waals surface area contributed by atoms with E-state index in [4.69, 9.17) is 14.2 Å². The van der Waals surface area contributed by atoms with E-state index in [0.29, 0.717) is 19.3 Å². The lowest BCUT2D eigenvalue weighted by molar-refractivity contribution is -0.167. The molecule has 0 amide bonds. The van der Waals surface area contributed by atoms with Gasteiger partial charge in [-0.15, -0.1) is 0 Å². The predicted octanol–water partition coefficient (Wildman–Crippen LogP) is 17.9. The first-order valence-corrected chi connectivity index (χ1v) is 27.3. The molecule has 0 radical (unpaired) electrons. The molecule has 364 valence electrons. The molecule has 0 spiro atoms. The summed E-state index contributed by atoms with van der Waals surface area (Å²) < 4.78 is 16.8. The van der Waals surface area contributed by atoms with Crippen LogP contribution in [-0.2, 0) is 28.6 Å². The van der Waals surface area contributed by atoms with E-state index < -0.39 is 6.10 Å². The van der Waals surface area contributed by atoms with Crippen LogP contribution in [0.2, 0.25) is 0 Å². The average Bonchev–Trinajstić information content (AvgIpc) is 3.27. The van der Waals surface area contributed by atoms with Gasteiger partial charge in [-0.1, -0.05) is 251 Å². The number of hydrogen-bond acceptors (Lipinski definition) is 6. The third kappa shape index (κ3) is 48.9. The maximum absolute atomic E-state index is 12.8. The lowest BCUT2D eigenvalue weighted by Gasteiger charge is -2.18. The van der Waals surface area contributed by atoms with Gasteiger partial charge in [0.05, 0.1) is 0 Å². The highest BCUT2D eigenvalue weighted by molar-refractivity contribution is 5.71. The minimum absolute atomic E-state index is 0.0685. The number of unbranched alkanes of at least 4 members (excludes halogenated alkanes) is 35. The quantitative estimate of drug-likeness (QED) is 0.0262. The Bertz CT molecular complexity index is 1000. The maximum Gasteiger partial charge on any atom is 0.306 e. The van der Waals surface area contributed by atoms with Crippen LogP contribution in [0.3, 0.4) is 0 Å². The number of allylic oxidation sites excluding steroid dienone is 4. The van der Waals surface area contributed by atoms with E-state index >= 15 is 0 Å². The van der Waals surface area contributed by atoms with Gasteiger partial charge in [0.15, 0.2) is 6.10 Å². The van der Waals surface area contributed by atoms with Crippen molar-refractivity contribution in [3.05, 3.63) is 24.3 Å². The fourth-order valence-electron chi connectivity index (χ4n) is 8.06. The molecular formula is C56H104O6. The number of carbonyl (C=O) groups is 3. The maximum atomic E-state index is 12.8. The highest BCUT2D eigenvalue weighted by Gasteiger charge is 2.19. The molecule has 0 unspecified atom stereocenters. The van der Waals surface area contributed by atoms with Crippen molar-refractivity contribution in [2.75, 3.05) is 13.2 Å². The summed E-state index contributed by atoms with van der Waals surface area (Å²) in [5.74, 6) is -0.859. The standard InChI is InChI=1S/C56H104O6/c1-4-7-10-13-16-19-22-25-27-28-30-31-34-37-40-43-46-49-55(58)61-52-53(51-60-54(57)48-45-42-39-36-33-24-21-18-15-12-9-6-3)62-56(59)50-47-44-41-38-35-32-29-26-23-20-17-14-11-8-5-2/h16,19,25,27,53H,4-15,17-18,20-24,26,28-52H2,1-3H3/b19-16-,27-25-/t53-/m0/s1. The molecule has 0 saturated carbocycles. The largest absolute Gasteiger partial charge is 0.462 e. The summed E-state index contributed by atoms with van der Waals surface area (Å²) in [6, 6.07) is 0. The van der Waals surface area contributed by atoms with Gasteiger partial charge in [-0.3, -0.25) is 14.4 Å². The fourth-order valence-corrected chi connectivity index (χ4v) is 8.06. The highest BCUT2D eigenvalue weighted by Crippen LogP contribution is 2.16. The molecule has 0 bridgehead atoms. The second kappa shape index (κ2) is 51.5. The Kier molecular flexibility index (Phi) is 49.8. The molecule has 6 heteroatoms. The Balaban J connectivity index is 4.33. The molecule has 0 aromatic rings. The third-order valence-corrected chi connectivity index (χ3v) is 12.2. The van der Waals surface area contributed by atoms with Crippen molar-refractivity contribution in [2.45, 2.75) is 303 Å². The summed E-state index contributed by atoms with van der Waals surface area (Å²) in [5.41, 5.74) is 0. The van der Waals surface area contributed by atoms with E-state index in [0.717, 1.165) is 70.6 Å². The zero-order valence-electron chi connectivity index (χ0n) is 41.7. The molecule has 0 saturated heterocycles. The molecule has 1 atom stereocenters. The minimum Gasteiger partial charge on any atom is -0.462 e. The SMILES string of the molecule is CCCCC/C=C\C/C=C\CCCCCCCCCC(=O)OC[C@H](COC(=O)CCCCCCCCCCCCCC)OC(=O)CCCCCCCCCCCCCCCCC. The van der Waals surface area contributed by atoms with E-state index in [2.05, 4.69) is 45.1 Å². The van der Waals surface area contributed by atoms with Crippen LogP contribution in [-0.4, -0.2) is 37.2 Å². The zero-order chi connectivity index (χ0) is 45.1. The van der Waals surface area contributed by atoms with Gasteiger partial charge in [-0.25, -0.2) is 0 Å².